The predicted octanol–water partition coefficient (Wildman–Crippen LogP) is 4.03. The Balaban J connectivity index is 2.13. The zero-order valence-corrected chi connectivity index (χ0v) is 12.1. The maximum atomic E-state index is 11.4. The number of rotatable bonds is 2. The summed E-state index contributed by atoms with van der Waals surface area (Å²) in [5.41, 5.74) is 2.05. The van der Waals surface area contributed by atoms with Crippen LogP contribution in [0.1, 0.15) is 18.1 Å². The molecule has 4 heteroatoms. The third-order valence-corrected chi connectivity index (χ3v) is 4.01. The first-order valence-corrected chi connectivity index (χ1v) is 7.01. The average molecular weight is 303 g/mol. The van der Waals surface area contributed by atoms with Gasteiger partial charge in [-0.05, 0) is 17.7 Å². The van der Waals surface area contributed by atoms with Crippen molar-refractivity contribution >= 4 is 35.0 Å². The van der Waals surface area contributed by atoms with E-state index < -0.39 is 6.10 Å². The molecule has 1 unspecified atom stereocenters. The Morgan fingerprint density at radius 3 is 2.75 bits per heavy atom. The van der Waals surface area contributed by atoms with Crippen LogP contribution in [0.15, 0.2) is 64.4 Å². The van der Waals surface area contributed by atoms with Crippen molar-refractivity contribution < 1.29 is 9.53 Å². The van der Waals surface area contributed by atoms with Crippen LogP contribution in [0.3, 0.4) is 0 Å². The van der Waals surface area contributed by atoms with E-state index in [9.17, 15) is 4.79 Å². The molecule has 2 nitrogen and oxygen atoms in total. The van der Waals surface area contributed by atoms with Crippen molar-refractivity contribution in [3.05, 3.63) is 70.0 Å². The third kappa shape index (κ3) is 2.23. The lowest BCUT2D eigenvalue weighted by Gasteiger charge is -2.30. The average Bonchev–Trinajstić information content (AvgIpc) is 2.48. The second kappa shape index (κ2) is 5.35. The predicted molar refractivity (Wildman–Crippen MR) is 82.6 cm³/mol. The van der Waals surface area contributed by atoms with Gasteiger partial charge in [0.1, 0.15) is 5.76 Å². The van der Waals surface area contributed by atoms with Crippen molar-refractivity contribution in [1.29, 1.82) is 0 Å². The van der Waals surface area contributed by atoms with Gasteiger partial charge in [-0.1, -0.05) is 54.2 Å². The van der Waals surface area contributed by atoms with E-state index in [-0.39, 0.29) is 0 Å². The van der Waals surface area contributed by atoms with Crippen LogP contribution >= 0.6 is 23.8 Å². The van der Waals surface area contributed by atoms with E-state index in [1.807, 2.05) is 36.4 Å². The summed E-state index contributed by atoms with van der Waals surface area (Å²) < 4.78 is 5.96. The van der Waals surface area contributed by atoms with Crippen LogP contribution in [0.5, 0.6) is 0 Å². The van der Waals surface area contributed by atoms with Gasteiger partial charge >= 0.3 is 0 Å². The highest BCUT2D eigenvalue weighted by Gasteiger charge is 2.32. The largest absolute Gasteiger partial charge is 0.480 e. The number of carbonyl (C=O) groups excluding carboxylic acids is 1. The van der Waals surface area contributed by atoms with Gasteiger partial charge < -0.3 is 4.74 Å². The lowest BCUT2D eigenvalue weighted by atomic mass is 9.93. The van der Waals surface area contributed by atoms with Crippen LogP contribution in [-0.2, 0) is 9.53 Å². The summed E-state index contributed by atoms with van der Waals surface area (Å²) in [7, 11) is 0. The zero-order chi connectivity index (χ0) is 14.1. The van der Waals surface area contributed by atoms with Gasteiger partial charge in [0.05, 0.1) is 10.6 Å². The number of fused-ring (bicyclic) bond motifs is 1. The minimum absolute atomic E-state index is 0.424. The Morgan fingerprint density at radius 2 is 2.05 bits per heavy atom. The molecule has 3 rings (SSSR count). The van der Waals surface area contributed by atoms with Gasteiger partial charge in [0.25, 0.3) is 0 Å². The molecule has 0 bridgehead atoms. The van der Waals surface area contributed by atoms with E-state index in [1.165, 1.54) is 0 Å². The SMILES string of the molecule is O=CC1=C(Cl)C2=CC(=S)CC=C2OC1c1ccccc1. The highest BCUT2D eigenvalue weighted by molar-refractivity contribution is 7.80. The molecule has 1 aromatic rings. The fraction of sp³-hybridized carbons (Fsp3) is 0.125. The lowest BCUT2D eigenvalue weighted by Crippen LogP contribution is -2.19. The highest BCUT2D eigenvalue weighted by Crippen LogP contribution is 2.43. The molecule has 0 N–H and O–H groups in total. The van der Waals surface area contributed by atoms with Crippen molar-refractivity contribution in [2.24, 2.45) is 0 Å². The minimum Gasteiger partial charge on any atom is -0.480 e. The Bertz CT molecular complexity index is 671. The number of aldehydes is 1. The smallest absolute Gasteiger partial charge is 0.153 e. The maximum absolute atomic E-state index is 11.4. The van der Waals surface area contributed by atoms with Crippen molar-refractivity contribution in [2.75, 3.05) is 0 Å². The standard InChI is InChI=1S/C16H11ClO2S/c17-15-12-8-11(20)6-7-14(12)19-16(13(15)9-18)10-4-2-1-3-5-10/h1-5,7-9,16H,6H2. The zero-order valence-electron chi connectivity index (χ0n) is 10.5. The molecule has 0 saturated carbocycles. The van der Waals surface area contributed by atoms with Gasteiger partial charge in [0, 0.05) is 16.9 Å². The first-order valence-electron chi connectivity index (χ1n) is 6.22. The molecule has 0 fully saturated rings. The Morgan fingerprint density at radius 1 is 1.30 bits per heavy atom. The van der Waals surface area contributed by atoms with E-state index in [4.69, 9.17) is 28.6 Å². The van der Waals surface area contributed by atoms with Crippen molar-refractivity contribution in [2.45, 2.75) is 12.5 Å². The van der Waals surface area contributed by atoms with Crippen LogP contribution in [0.25, 0.3) is 0 Å². The molecule has 1 heterocycles. The summed E-state index contributed by atoms with van der Waals surface area (Å²) in [5.74, 6) is 0.697. The van der Waals surface area contributed by atoms with Gasteiger partial charge in [0.2, 0.25) is 0 Å². The summed E-state index contributed by atoms with van der Waals surface area (Å²) in [4.78, 5) is 12.2. The number of ether oxygens (including phenoxy) is 1. The summed E-state index contributed by atoms with van der Waals surface area (Å²) in [6.07, 6.45) is 4.68. The normalized spacial score (nSPS) is 21.6. The van der Waals surface area contributed by atoms with Gasteiger partial charge in [-0.2, -0.15) is 0 Å². The second-order valence-corrected chi connectivity index (χ2v) is 5.49. The molecule has 2 aliphatic rings. The minimum atomic E-state index is -0.462. The van der Waals surface area contributed by atoms with E-state index in [2.05, 4.69) is 0 Å². The van der Waals surface area contributed by atoms with E-state index >= 15 is 0 Å². The fourth-order valence-corrected chi connectivity index (χ4v) is 2.82. The lowest BCUT2D eigenvalue weighted by molar-refractivity contribution is -0.106. The molecule has 0 aromatic heterocycles. The molecule has 100 valence electrons. The first-order chi connectivity index (χ1) is 9.70. The van der Waals surface area contributed by atoms with Crippen LogP contribution in [0.2, 0.25) is 0 Å². The quantitative estimate of drug-likeness (QED) is 0.609. The number of thiocarbonyl (C=S) groups is 1. The molecule has 0 saturated heterocycles. The Labute approximate surface area is 127 Å². The molecule has 0 spiro atoms. The van der Waals surface area contributed by atoms with Gasteiger partial charge in [-0.3, -0.25) is 4.79 Å². The van der Waals surface area contributed by atoms with Crippen LogP contribution in [-0.4, -0.2) is 11.2 Å². The van der Waals surface area contributed by atoms with Crippen molar-refractivity contribution in [1.82, 2.24) is 0 Å². The Hall–Kier alpha value is -1.71. The van der Waals surface area contributed by atoms with Gasteiger partial charge in [-0.25, -0.2) is 0 Å². The number of hydrogen-bond donors (Lipinski definition) is 0. The number of hydrogen-bond acceptors (Lipinski definition) is 3. The molecule has 1 aliphatic carbocycles. The molecular formula is C16H11ClO2S. The van der Waals surface area contributed by atoms with Crippen molar-refractivity contribution in [3.63, 3.8) is 0 Å². The second-order valence-electron chi connectivity index (χ2n) is 4.59. The maximum Gasteiger partial charge on any atom is 0.153 e. The van der Waals surface area contributed by atoms with Crippen molar-refractivity contribution in [3.8, 4) is 0 Å². The summed E-state index contributed by atoms with van der Waals surface area (Å²) >= 11 is 11.5. The van der Waals surface area contributed by atoms with Crippen LogP contribution in [0, 0.1) is 0 Å². The first kappa shape index (κ1) is 13.3. The number of halogens is 1. The highest BCUT2D eigenvalue weighted by atomic mass is 35.5. The molecular weight excluding hydrogens is 292 g/mol. The van der Waals surface area contributed by atoms with E-state index in [0.29, 0.717) is 28.4 Å². The van der Waals surface area contributed by atoms with E-state index in [1.54, 1.807) is 6.08 Å². The third-order valence-electron chi connectivity index (χ3n) is 3.31. The molecule has 1 atom stereocenters. The van der Waals surface area contributed by atoms with Gasteiger partial charge in [-0.15, -0.1) is 0 Å². The molecule has 20 heavy (non-hydrogen) atoms. The number of benzene rings is 1. The van der Waals surface area contributed by atoms with E-state index in [0.717, 1.165) is 16.7 Å². The monoisotopic (exact) mass is 302 g/mol. The van der Waals surface area contributed by atoms with Gasteiger partial charge in [0.15, 0.2) is 12.4 Å². The molecule has 0 amide bonds. The fourth-order valence-electron chi connectivity index (χ4n) is 2.33. The Kier molecular flexibility index (Phi) is 3.55. The topological polar surface area (TPSA) is 26.3 Å². The summed E-state index contributed by atoms with van der Waals surface area (Å²) in [6.45, 7) is 0. The summed E-state index contributed by atoms with van der Waals surface area (Å²) in [6, 6.07) is 9.57. The molecule has 1 aromatic carbocycles. The van der Waals surface area contributed by atoms with Crippen LogP contribution < -0.4 is 0 Å². The summed E-state index contributed by atoms with van der Waals surface area (Å²) in [5, 5.41) is 0.424. The molecule has 0 radical (unpaired) electrons. The molecule has 1 aliphatic heterocycles. The van der Waals surface area contributed by atoms with Crippen LogP contribution in [0.4, 0.5) is 0 Å². The number of allylic oxidation sites excluding steroid dienone is 3. The number of carbonyl (C=O) groups is 1.